The van der Waals surface area contributed by atoms with Gasteiger partial charge in [0.1, 0.15) is 0 Å². The van der Waals surface area contributed by atoms with E-state index >= 15 is 0 Å². The molecule has 0 unspecified atom stereocenters. The third-order valence-electron chi connectivity index (χ3n) is 3.29. The van der Waals surface area contributed by atoms with Gasteiger partial charge >= 0.3 is 5.97 Å². The molecule has 1 aliphatic rings. The van der Waals surface area contributed by atoms with Crippen molar-refractivity contribution in [2.75, 3.05) is 18.5 Å². The fourth-order valence-corrected chi connectivity index (χ4v) is 2.39. The number of nitrogens with one attached hydrogen (secondary N) is 2. The molecule has 1 aromatic carbocycles. The summed E-state index contributed by atoms with van der Waals surface area (Å²) in [4.78, 5) is 15.8. The Hall–Kier alpha value is -2.37. The number of fused-ring (bicyclic) bond motifs is 1. The van der Waals surface area contributed by atoms with Crippen LogP contribution in [0.4, 0.5) is 5.69 Å². The minimum atomic E-state index is -0.478. The highest BCUT2D eigenvalue weighted by molar-refractivity contribution is 5.86. The van der Waals surface area contributed by atoms with E-state index < -0.39 is 5.97 Å². The number of H-pyrrole nitrogens is 1. The van der Waals surface area contributed by atoms with Crippen molar-refractivity contribution in [1.82, 2.24) is 15.2 Å². The third kappa shape index (κ3) is 2.24. The lowest BCUT2D eigenvalue weighted by Gasteiger charge is -2.19. The Morgan fingerprint density at radius 2 is 2.35 bits per heavy atom. The van der Waals surface area contributed by atoms with E-state index in [1.165, 1.54) is 5.56 Å². The Labute approximate surface area is 116 Å². The molecule has 0 spiro atoms. The number of nitrogens with zero attached hydrogens (tertiary/aromatic N) is 2. The van der Waals surface area contributed by atoms with Crippen LogP contribution in [0.25, 0.3) is 11.4 Å². The molecule has 6 heteroatoms. The van der Waals surface area contributed by atoms with Gasteiger partial charge < -0.3 is 10.1 Å². The largest absolute Gasteiger partial charge is 0.460 e. The molecule has 0 radical (unpaired) electrons. The summed E-state index contributed by atoms with van der Waals surface area (Å²) >= 11 is 0. The quantitative estimate of drug-likeness (QED) is 0.835. The van der Waals surface area contributed by atoms with Crippen molar-refractivity contribution in [2.24, 2.45) is 0 Å². The Balaban J connectivity index is 1.96. The molecule has 2 heterocycles. The van der Waals surface area contributed by atoms with Crippen LogP contribution in [0.3, 0.4) is 0 Å². The van der Waals surface area contributed by atoms with Crippen LogP contribution in [0.1, 0.15) is 29.5 Å². The van der Waals surface area contributed by atoms with E-state index in [-0.39, 0.29) is 5.82 Å². The predicted octanol–water partition coefficient (Wildman–Crippen LogP) is 2.01. The lowest BCUT2D eigenvalue weighted by Crippen LogP contribution is -2.12. The lowest BCUT2D eigenvalue weighted by atomic mass is 9.97. The molecule has 1 aliphatic heterocycles. The summed E-state index contributed by atoms with van der Waals surface area (Å²) in [5, 5.41) is 10.1. The molecule has 3 rings (SSSR count). The molecule has 0 bridgehead atoms. The molecular formula is C14H16N4O2. The zero-order valence-electron chi connectivity index (χ0n) is 11.3. The van der Waals surface area contributed by atoms with Crippen molar-refractivity contribution in [2.45, 2.75) is 19.8 Å². The SMILES string of the molecule is CCOC(=O)c1nc(-c2cccc3c2CCCN3)n[nH]1. The summed E-state index contributed by atoms with van der Waals surface area (Å²) in [6.45, 7) is 3.06. The summed E-state index contributed by atoms with van der Waals surface area (Å²) in [6, 6.07) is 5.99. The summed E-state index contributed by atoms with van der Waals surface area (Å²) in [5.41, 5.74) is 3.28. The molecular weight excluding hydrogens is 256 g/mol. The highest BCUT2D eigenvalue weighted by Crippen LogP contribution is 2.30. The smallest absolute Gasteiger partial charge is 0.375 e. The predicted molar refractivity (Wildman–Crippen MR) is 74.6 cm³/mol. The number of hydrogen-bond acceptors (Lipinski definition) is 5. The Morgan fingerprint density at radius 1 is 1.45 bits per heavy atom. The third-order valence-corrected chi connectivity index (χ3v) is 3.29. The van der Waals surface area contributed by atoms with E-state index in [0.29, 0.717) is 12.4 Å². The van der Waals surface area contributed by atoms with Crippen LogP contribution in [0.5, 0.6) is 0 Å². The number of rotatable bonds is 3. The zero-order valence-corrected chi connectivity index (χ0v) is 11.3. The van der Waals surface area contributed by atoms with Gasteiger partial charge in [-0.3, -0.25) is 5.10 Å². The van der Waals surface area contributed by atoms with Gasteiger partial charge in [0, 0.05) is 17.8 Å². The van der Waals surface area contributed by atoms with E-state index in [0.717, 1.165) is 30.6 Å². The van der Waals surface area contributed by atoms with Crippen LogP contribution in [0.15, 0.2) is 18.2 Å². The molecule has 0 saturated carbocycles. The lowest BCUT2D eigenvalue weighted by molar-refractivity contribution is 0.0512. The van der Waals surface area contributed by atoms with E-state index in [4.69, 9.17) is 4.74 Å². The average Bonchev–Trinajstić information content (AvgIpc) is 2.97. The maximum absolute atomic E-state index is 11.6. The van der Waals surface area contributed by atoms with E-state index in [9.17, 15) is 4.79 Å². The second-order valence-corrected chi connectivity index (χ2v) is 4.59. The van der Waals surface area contributed by atoms with Crippen LogP contribution < -0.4 is 5.32 Å². The van der Waals surface area contributed by atoms with Crippen molar-refractivity contribution in [3.05, 3.63) is 29.6 Å². The zero-order chi connectivity index (χ0) is 13.9. The number of aromatic nitrogens is 3. The molecule has 2 N–H and O–H groups in total. The summed E-state index contributed by atoms with van der Waals surface area (Å²) in [5.74, 6) is 0.200. The number of anilines is 1. The number of esters is 1. The van der Waals surface area contributed by atoms with Crippen molar-refractivity contribution in [1.29, 1.82) is 0 Å². The second kappa shape index (κ2) is 5.32. The molecule has 0 amide bonds. The van der Waals surface area contributed by atoms with Crippen LogP contribution in [-0.2, 0) is 11.2 Å². The molecule has 2 aromatic rings. The molecule has 0 saturated heterocycles. The van der Waals surface area contributed by atoms with Gasteiger partial charge in [0.2, 0.25) is 5.82 Å². The fourth-order valence-electron chi connectivity index (χ4n) is 2.39. The maximum Gasteiger partial charge on any atom is 0.375 e. The van der Waals surface area contributed by atoms with Crippen LogP contribution in [-0.4, -0.2) is 34.3 Å². The molecule has 0 fully saturated rings. The van der Waals surface area contributed by atoms with Crippen molar-refractivity contribution in [3.8, 4) is 11.4 Å². The van der Waals surface area contributed by atoms with Gasteiger partial charge in [0.25, 0.3) is 0 Å². The van der Waals surface area contributed by atoms with Crippen molar-refractivity contribution in [3.63, 3.8) is 0 Å². The first-order valence-electron chi connectivity index (χ1n) is 6.75. The van der Waals surface area contributed by atoms with Crippen LogP contribution in [0, 0.1) is 0 Å². The first-order chi connectivity index (χ1) is 9.79. The first kappa shape index (κ1) is 12.7. The van der Waals surface area contributed by atoms with Gasteiger partial charge in [0.15, 0.2) is 5.82 Å². The van der Waals surface area contributed by atoms with Gasteiger partial charge in [0.05, 0.1) is 6.61 Å². The van der Waals surface area contributed by atoms with Crippen molar-refractivity contribution < 1.29 is 9.53 Å². The number of hydrogen-bond donors (Lipinski definition) is 2. The second-order valence-electron chi connectivity index (χ2n) is 4.59. The molecule has 0 aliphatic carbocycles. The minimum absolute atomic E-state index is 0.142. The summed E-state index contributed by atoms with van der Waals surface area (Å²) in [6.07, 6.45) is 2.07. The minimum Gasteiger partial charge on any atom is -0.460 e. The van der Waals surface area contributed by atoms with Gasteiger partial charge in [-0.1, -0.05) is 12.1 Å². The molecule has 1 aromatic heterocycles. The maximum atomic E-state index is 11.6. The topological polar surface area (TPSA) is 79.9 Å². The summed E-state index contributed by atoms with van der Waals surface area (Å²) in [7, 11) is 0. The van der Waals surface area contributed by atoms with Gasteiger partial charge in [-0.05, 0) is 31.4 Å². The highest BCUT2D eigenvalue weighted by atomic mass is 16.5. The monoisotopic (exact) mass is 272 g/mol. The summed E-state index contributed by atoms with van der Waals surface area (Å²) < 4.78 is 4.90. The standard InChI is InChI=1S/C14H16N4O2/c1-2-20-14(19)13-16-12(17-18-13)10-5-3-7-11-9(10)6-4-8-15-11/h3,5,7,15H,2,4,6,8H2,1H3,(H,16,17,18). The molecule has 0 atom stereocenters. The van der Waals surface area contributed by atoms with Gasteiger partial charge in [-0.2, -0.15) is 5.10 Å². The molecule has 20 heavy (non-hydrogen) atoms. The molecule has 104 valence electrons. The Morgan fingerprint density at radius 3 is 3.20 bits per heavy atom. The van der Waals surface area contributed by atoms with Crippen LogP contribution >= 0.6 is 0 Å². The number of benzene rings is 1. The van der Waals surface area contributed by atoms with E-state index in [1.54, 1.807) is 6.92 Å². The number of carbonyl (C=O) groups excluding carboxylic acids is 1. The first-order valence-corrected chi connectivity index (χ1v) is 6.75. The highest BCUT2D eigenvalue weighted by Gasteiger charge is 2.18. The molecule has 6 nitrogen and oxygen atoms in total. The fraction of sp³-hybridized carbons (Fsp3) is 0.357. The average molecular weight is 272 g/mol. The Kier molecular flexibility index (Phi) is 3.37. The number of carbonyl (C=O) groups is 1. The van der Waals surface area contributed by atoms with Crippen LogP contribution in [0.2, 0.25) is 0 Å². The Bertz CT molecular complexity index is 636. The van der Waals surface area contributed by atoms with E-state index in [2.05, 4.69) is 26.6 Å². The number of ether oxygens (including phenoxy) is 1. The van der Waals surface area contributed by atoms with Gasteiger partial charge in [-0.15, -0.1) is 0 Å². The van der Waals surface area contributed by atoms with Gasteiger partial charge in [-0.25, -0.2) is 9.78 Å². The normalized spacial score (nSPS) is 13.4. The van der Waals surface area contributed by atoms with E-state index in [1.807, 2.05) is 12.1 Å². The number of aromatic amines is 1. The van der Waals surface area contributed by atoms with Crippen molar-refractivity contribution >= 4 is 11.7 Å².